The fourth-order valence-electron chi connectivity index (χ4n) is 1.47. The van der Waals surface area contributed by atoms with Crippen molar-refractivity contribution in [3.8, 4) is 0 Å². The summed E-state index contributed by atoms with van der Waals surface area (Å²) in [5.41, 5.74) is 0.861. The summed E-state index contributed by atoms with van der Waals surface area (Å²) in [5.74, 6) is 0.194. The minimum absolute atomic E-state index is 0.194. The van der Waals surface area contributed by atoms with Gasteiger partial charge < -0.3 is 4.90 Å². The predicted molar refractivity (Wildman–Crippen MR) is 54.0 cm³/mol. The lowest BCUT2D eigenvalue weighted by atomic mass is 10.1. The number of nitrogens with zero attached hydrogens (tertiary/aromatic N) is 1. The van der Waals surface area contributed by atoms with E-state index in [1.807, 2.05) is 6.08 Å². The quantitative estimate of drug-likeness (QED) is 0.605. The summed E-state index contributed by atoms with van der Waals surface area (Å²) >= 11 is 0. The minimum atomic E-state index is 0.194. The van der Waals surface area contributed by atoms with Crippen LogP contribution in [-0.2, 0) is 4.79 Å². The summed E-state index contributed by atoms with van der Waals surface area (Å²) in [6, 6.07) is 0. The van der Waals surface area contributed by atoms with Crippen LogP contribution < -0.4 is 0 Å². The summed E-state index contributed by atoms with van der Waals surface area (Å²) in [6.45, 7) is 8.10. The largest absolute Gasteiger partial charge is 0.312 e. The van der Waals surface area contributed by atoms with E-state index in [1.54, 1.807) is 17.1 Å². The van der Waals surface area contributed by atoms with Crippen molar-refractivity contribution in [1.82, 2.24) is 4.90 Å². The topological polar surface area (TPSA) is 20.3 Å². The van der Waals surface area contributed by atoms with Crippen LogP contribution in [0.3, 0.4) is 0 Å². The zero-order valence-corrected chi connectivity index (χ0v) is 7.83. The lowest BCUT2D eigenvalue weighted by Gasteiger charge is -2.27. The summed E-state index contributed by atoms with van der Waals surface area (Å²) < 4.78 is 0. The number of hydrogen-bond donors (Lipinski definition) is 0. The average Bonchev–Trinajstić information content (AvgIpc) is 2.16. The molecule has 1 fully saturated rings. The van der Waals surface area contributed by atoms with Crippen molar-refractivity contribution in [3.05, 3.63) is 37.1 Å². The third kappa shape index (κ3) is 2.31. The third-order valence-corrected chi connectivity index (χ3v) is 2.13. The minimum Gasteiger partial charge on any atom is -0.312 e. The zero-order valence-electron chi connectivity index (χ0n) is 7.83. The van der Waals surface area contributed by atoms with Gasteiger partial charge in [0, 0.05) is 18.7 Å². The van der Waals surface area contributed by atoms with Crippen molar-refractivity contribution in [2.75, 3.05) is 6.54 Å². The molecule has 0 radical (unpaired) electrons. The summed E-state index contributed by atoms with van der Waals surface area (Å²) in [7, 11) is 0. The third-order valence-electron chi connectivity index (χ3n) is 2.13. The molecule has 1 aliphatic heterocycles. The van der Waals surface area contributed by atoms with Crippen LogP contribution in [0.25, 0.3) is 0 Å². The number of amides is 1. The van der Waals surface area contributed by atoms with Gasteiger partial charge in [-0.3, -0.25) is 4.79 Å². The maximum absolute atomic E-state index is 11.5. The van der Waals surface area contributed by atoms with E-state index in [0.717, 1.165) is 25.1 Å². The van der Waals surface area contributed by atoms with E-state index in [4.69, 9.17) is 0 Å². The summed E-state index contributed by atoms with van der Waals surface area (Å²) in [4.78, 5) is 13.2. The molecule has 0 aromatic carbocycles. The Labute approximate surface area is 79.2 Å². The Kier molecular flexibility index (Phi) is 3.50. The number of carbonyl (C=O) groups is 1. The lowest BCUT2D eigenvalue weighted by molar-refractivity contribution is -0.130. The van der Waals surface area contributed by atoms with E-state index in [-0.39, 0.29) is 5.91 Å². The molecule has 0 aliphatic carbocycles. The molecule has 1 saturated heterocycles. The van der Waals surface area contributed by atoms with Gasteiger partial charge in [0.05, 0.1) is 0 Å². The number of piperidine rings is 1. The van der Waals surface area contributed by atoms with Crippen molar-refractivity contribution in [1.29, 1.82) is 0 Å². The number of likely N-dealkylation sites (tertiary alicyclic amines) is 1. The standard InChI is InChI=1S/C11H15NO/c1-3-7-10(4-2)12-9-6-5-8-11(12)13/h3-4,7H,1-2,5-6,8-9H2/b10-7+. The van der Waals surface area contributed by atoms with Crippen LogP contribution in [0.4, 0.5) is 0 Å². The van der Waals surface area contributed by atoms with Crippen LogP contribution in [0, 0.1) is 0 Å². The molecule has 1 aliphatic rings. The summed E-state index contributed by atoms with van der Waals surface area (Å²) in [5, 5.41) is 0. The lowest BCUT2D eigenvalue weighted by Crippen LogP contribution is -2.33. The van der Waals surface area contributed by atoms with Crippen molar-refractivity contribution in [3.63, 3.8) is 0 Å². The Morgan fingerprint density at radius 2 is 2.15 bits per heavy atom. The van der Waals surface area contributed by atoms with E-state index >= 15 is 0 Å². The molecule has 1 heterocycles. The Morgan fingerprint density at radius 1 is 1.38 bits per heavy atom. The zero-order chi connectivity index (χ0) is 9.68. The molecule has 70 valence electrons. The first kappa shape index (κ1) is 9.78. The fraction of sp³-hybridized carbons (Fsp3) is 0.364. The van der Waals surface area contributed by atoms with Crippen LogP contribution in [0.15, 0.2) is 37.1 Å². The van der Waals surface area contributed by atoms with Crippen molar-refractivity contribution >= 4 is 5.91 Å². The predicted octanol–water partition coefficient (Wildman–Crippen LogP) is 2.25. The molecule has 2 nitrogen and oxygen atoms in total. The molecule has 0 atom stereocenters. The van der Waals surface area contributed by atoms with Gasteiger partial charge in [-0.1, -0.05) is 19.2 Å². The van der Waals surface area contributed by atoms with E-state index in [2.05, 4.69) is 13.2 Å². The van der Waals surface area contributed by atoms with E-state index in [9.17, 15) is 4.79 Å². The van der Waals surface area contributed by atoms with Gasteiger partial charge >= 0.3 is 0 Å². The van der Waals surface area contributed by atoms with Gasteiger partial charge in [-0.25, -0.2) is 0 Å². The Bertz CT molecular complexity index is 253. The Hall–Kier alpha value is -1.31. The fourth-order valence-corrected chi connectivity index (χ4v) is 1.47. The molecule has 0 unspecified atom stereocenters. The first-order valence-corrected chi connectivity index (χ1v) is 4.55. The second-order valence-electron chi connectivity index (χ2n) is 3.03. The number of allylic oxidation sites excluding steroid dienone is 3. The highest BCUT2D eigenvalue weighted by Gasteiger charge is 2.19. The van der Waals surface area contributed by atoms with Crippen molar-refractivity contribution in [2.24, 2.45) is 0 Å². The Morgan fingerprint density at radius 3 is 2.69 bits per heavy atom. The number of carbonyl (C=O) groups excluding carboxylic acids is 1. The molecule has 2 heteroatoms. The first-order valence-electron chi connectivity index (χ1n) is 4.55. The molecule has 0 bridgehead atoms. The second-order valence-corrected chi connectivity index (χ2v) is 3.03. The van der Waals surface area contributed by atoms with E-state index in [0.29, 0.717) is 6.42 Å². The van der Waals surface area contributed by atoms with Crippen LogP contribution in [-0.4, -0.2) is 17.4 Å². The van der Waals surface area contributed by atoms with Gasteiger partial charge in [-0.15, -0.1) is 0 Å². The Balaban J connectivity index is 2.77. The highest BCUT2D eigenvalue weighted by molar-refractivity contribution is 5.79. The molecule has 0 saturated carbocycles. The van der Waals surface area contributed by atoms with Crippen LogP contribution in [0.2, 0.25) is 0 Å². The maximum atomic E-state index is 11.5. The molecule has 0 aromatic heterocycles. The molecule has 1 rings (SSSR count). The maximum Gasteiger partial charge on any atom is 0.226 e. The van der Waals surface area contributed by atoms with Gasteiger partial charge in [0.1, 0.15) is 0 Å². The van der Waals surface area contributed by atoms with Crippen LogP contribution in [0.1, 0.15) is 19.3 Å². The molecule has 1 amide bonds. The molecule has 0 spiro atoms. The van der Waals surface area contributed by atoms with Gasteiger partial charge in [0.25, 0.3) is 0 Å². The molecule has 0 N–H and O–H groups in total. The van der Waals surface area contributed by atoms with Gasteiger partial charge in [-0.2, -0.15) is 0 Å². The molecular formula is C11H15NO. The SMILES string of the molecule is C=C/C=C(\C=C)N1CCCCC1=O. The highest BCUT2D eigenvalue weighted by atomic mass is 16.2. The normalized spacial score (nSPS) is 18.6. The van der Waals surface area contributed by atoms with Crippen LogP contribution >= 0.6 is 0 Å². The number of rotatable bonds is 3. The second kappa shape index (κ2) is 4.65. The molecule has 13 heavy (non-hydrogen) atoms. The number of hydrogen-bond acceptors (Lipinski definition) is 1. The first-order chi connectivity index (χ1) is 6.29. The van der Waals surface area contributed by atoms with Crippen molar-refractivity contribution < 1.29 is 4.79 Å². The van der Waals surface area contributed by atoms with Gasteiger partial charge in [0.2, 0.25) is 5.91 Å². The van der Waals surface area contributed by atoms with Gasteiger partial charge in [0.15, 0.2) is 0 Å². The van der Waals surface area contributed by atoms with Crippen molar-refractivity contribution in [2.45, 2.75) is 19.3 Å². The monoisotopic (exact) mass is 177 g/mol. The van der Waals surface area contributed by atoms with Crippen LogP contribution in [0.5, 0.6) is 0 Å². The summed E-state index contributed by atoms with van der Waals surface area (Å²) in [6.07, 6.45) is 7.93. The average molecular weight is 177 g/mol. The highest BCUT2D eigenvalue weighted by Crippen LogP contribution is 2.16. The van der Waals surface area contributed by atoms with E-state index < -0.39 is 0 Å². The molecule has 0 aromatic rings. The smallest absolute Gasteiger partial charge is 0.226 e. The van der Waals surface area contributed by atoms with E-state index in [1.165, 1.54) is 0 Å². The van der Waals surface area contributed by atoms with Gasteiger partial charge in [-0.05, 0) is 25.0 Å². The molecular weight excluding hydrogens is 162 g/mol.